The molecule has 17 heavy (non-hydrogen) atoms. The van der Waals surface area contributed by atoms with Crippen molar-refractivity contribution in [3.63, 3.8) is 0 Å². The fourth-order valence-electron chi connectivity index (χ4n) is 1.06. The molecule has 96 valence electrons. The zero-order valence-corrected chi connectivity index (χ0v) is 9.52. The lowest BCUT2D eigenvalue weighted by Gasteiger charge is -2.12. The summed E-state index contributed by atoms with van der Waals surface area (Å²) in [6, 6.07) is 0.439. The Labute approximate surface area is 100 Å². The molecule has 0 unspecified atom stereocenters. The molecule has 0 saturated carbocycles. The van der Waals surface area contributed by atoms with Crippen molar-refractivity contribution in [1.29, 1.82) is 0 Å². The van der Waals surface area contributed by atoms with Crippen LogP contribution in [0.5, 0.6) is 5.88 Å². The van der Waals surface area contributed by atoms with Crippen LogP contribution in [0, 0.1) is 0 Å². The summed E-state index contributed by atoms with van der Waals surface area (Å²) >= 11 is 2.68. The summed E-state index contributed by atoms with van der Waals surface area (Å²) in [7, 11) is 0. The summed E-state index contributed by atoms with van der Waals surface area (Å²) in [5.41, 5.74) is -1.05. The first-order chi connectivity index (χ1) is 7.74. The van der Waals surface area contributed by atoms with Gasteiger partial charge >= 0.3 is 6.36 Å². The van der Waals surface area contributed by atoms with E-state index in [0.717, 1.165) is 0 Å². The largest absolute Gasteiger partial charge is 0.574 e. The molecule has 3 nitrogen and oxygen atoms in total. The Balaban J connectivity index is 3.20. The number of aliphatic hydroxyl groups is 1. The lowest BCUT2D eigenvalue weighted by molar-refractivity contribution is -0.276. The minimum absolute atomic E-state index is 0.283. The molecule has 1 aromatic rings. The number of alkyl halides is 5. The first-order valence-corrected chi connectivity index (χ1v) is 4.88. The van der Waals surface area contributed by atoms with Crippen molar-refractivity contribution in [3.8, 4) is 5.88 Å². The third kappa shape index (κ3) is 3.77. The summed E-state index contributed by atoms with van der Waals surface area (Å²) in [6.45, 7) is -0.778. The van der Waals surface area contributed by atoms with Crippen LogP contribution in [0.25, 0.3) is 0 Å². The van der Waals surface area contributed by atoms with E-state index in [-0.39, 0.29) is 10.2 Å². The van der Waals surface area contributed by atoms with E-state index >= 15 is 0 Å². The van der Waals surface area contributed by atoms with Crippen LogP contribution in [0.4, 0.5) is 22.0 Å². The predicted molar refractivity (Wildman–Crippen MR) is 49.5 cm³/mol. The molecule has 0 spiro atoms. The molecule has 0 fully saturated rings. The van der Waals surface area contributed by atoms with Gasteiger partial charge in [0, 0.05) is 17.2 Å². The summed E-state index contributed by atoms with van der Waals surface area (Å²) in [4.78, 5) is 3.25. The second-order valence-electron chi connectivity index (χ2n) is 2.83. The van der Waals surface area contributed by atoms with Crippen molar-refractivity contribution < 1.29 is 31.8 Å². The number of halogens is 6. The fraction of sp³-hybridized carbons (Fsp3) is 0.375. The van der Waals surface area contributed by atoms with Crippen LogP contribution in [0.2, 0.25) is 0 Å². The molecule has 0 bridgehead atoms. The highest BCUT2D eigenvalue weighted by Gasteiger charge is 2.32. The zero-order chi connectivity index (χ0) is 13.2. The van der Waals surface area contributed by atoms with Crippen molar-refractivity contribution >= 4 is 15.9 Å². The Morgan fingerprint density at radius 1 is 1.41 bits per heavy atom. The summed E-state index contributed by atoms with van der Waals surface area (Å²) < 4.78 is 63.7. The minimum atomic E-state index is -5.02. The lowest BCUT2D eigenvalue weighted by Crippen LogP contribution is -2.18. The average Bonchev–Trinajstić information content (AvgIpc) is 2.13. The summed E-state index contributed by atoms with van der Waals surface area (Å²) in [6.07, 6.45) is -8.07. The number of aliphatic hydroxyl groups excluding tert-OH is 1. The molecule has 9 heteroatoms. The highest BCUT2D eigenvalue weighted by atomic mass is 79.9. The number of ether oxygens (including phenoxy) is 1. The van der Waals surface area contributed by atoms with Crippen LogP contribution in [0.1, 0.15) is 17.6 Å². The number of hydrogen-bond donors (Lipinski definition) is 1. The maximum atomic E-state index is 12.5. The van der Waals surface area contributed by atoms with Gasteiger partial charge in [-0.2, -0.15) is 0 Å². The Hall–Kier alpha value is -0.960. The van der Waals surface area contributed by atoms with Gasteiger partial charge in [0.05, 0.1) is 6.61 Å². The fourth-order valence-corrected chi connectivity index (χ4v) is 1.59. The van der Waals surface area contributed by atoms with Crippen molar-refractivity contribution in [2.24, 2.45) is 0 Å². The highest BCUT2D eigenvalue weighted by Crippen LogP contribution is 2.32. The van der Waals surface area contributed by atoms with Gasteiger partial charge in [0.15, 0.2) is 0 Å². The van der Waals surface area contributed by atoms with Crippen molar-refractivity contribution in [3.05, 3.63) is 21.8 Å². The Bertz CT molecular complexity index is 410. The Morgan fingerprint density at radius 2 is 2.00 bits per heavy atom. The molecule has 0 amide bonds. The molecule has 0 radical (unpaired) electrons. The molecule has 0 aromatic carbocycles. The van der Waals surface area contributed by atoms with E-state index in [0.29, 0.717) is 6.07 Å². The van der Waals surface area contributed by atoms with Crippen molar-refractivity contribution in [1.82, 2.24) is 4.98 Å². The molecule has 0 aliphatic heterocycles. The monoisotopic (exact) mass is 321 g/mol. The summed E-state index contributed by atoms with van der Waals surface area (Å²) in [5, 5.41) is 8.81. The van der Waals surface area contributed by atoms with E-state index in [9.17, 15) is 22.0 Å². The second-order valence-corrected chi connectivity index (χ2v) is 3.58. The topological polar surface area (TPSA) is 42.4 Å². The molecule has 0 atom stereocenters. The van der Waals surface area contributed by atoms with E-state index in [2.05, 4.69) is 25.7 Å². The molecule has 1 N–H and O–H groups in total. The molecule has 0 aliphatic carbocycles. The first kappa shape index (κ1) is 14.1. The SMILES string of the molecule is OCc1c(C(F)F)cc(OC(F)(F)F)nc1Br. The van der Waals surface area contributed by atoms with E-state index in [1.807, 2.05) is 0 Å². The van der Waals surface area contributed by atoms with E-state index in [1.165, 1.54) is 0 Å². The van der Waals surface area contributed by atoms with Gasteiger partial charge in [-0.3, -0.25) is 0 Å². The quantitative estimate of drug-likeness (QED) is 0.687. The van der Waals surface area contributed by atoms with Crippen LogP contribution in [-0.4, -0.2) is 16.5 Å². The van der Waals surface area contributed by atoms with Crippen LogP contribution >= 0.6 is 15.9 Å². The van der Waals surface area contributed by atoms with Gasteiger partial charge < -0.3 is 9.84 Å². The standard InChI is InChI=1S/C8H5BrF5NO2/c9-6-4(2-16)3(7(10)11)1-5(15-6)17-8(12,13)14/h1,7,16H,2H2. The van der Waals surface area contributed by atoms with Gasteiger partial charge in [0.2, 0.25) is 5.88 Å². The van der Waals surface area contributed by atoms with Crippen molar-refractivity contribution in [2.45, 2.75) is 19.4 Å². The predicted octanol–water partition coefficient (Wildman–Crippen LogP) is 3.17. The number of rotatable bonds is 3. The molecule has 1 heterocycles. The maximum Gasteiger partial charge on any atom is 0.574 e. The summed E-state index contributed by atoms with van der Waals surface area (Å²) in [5.74, 6) is -1.02. The average molecular weight is 322 g/mol. The Kier molecular flexibility index (Phi) is 4.26. The smallest absolute Gasteiger partial charge is 0.392 e. The van der Waals surface area contributed by atoms with Gasteiger partial charge in [-0.15, -0.1) is 13.2 Å². The van der Waals surface area contributed by atoms with Gasteiger partial charge in [-0.1, -0.05) is 0 Å². The van der Waals surface area contributed by atoms with E-state index < -0.39 is 30.8 Å². The van der Waals surface area contributed by atoms with Crippen LogP contribution in [-0.2, 0) is 6.61 Å². The van der Waals surface area contributed by atoms with Gasteiger partial charge in [0.25, 0.3) is 6.43 Å². The lowest BCUT2D eigenvalue weighted by atomic mass is 10.1. The third-order valence-corrected chi connectivity index (χ3v) is 2.35. The molecular weight excluding hydrogens is 317 g/mol. The Morgan fingerprint density at radius 3 is 2.41 bits per heavy atom. The zero-order valence-electron chi connectivity index (χ0n) is 7.93. The first-order valence-electron chi connectivity index (χ1n) is 4.08. The van der Waals surface area contributed by atoms with Gasteiger partial charge in [0.1, 0.15) is 4.60 Å². The number of nitrogens with zero attached hydrogens (tertiary/aromatic N) is 1. The molecule has 1 rings (SSSR count). The third-order valence-electron chi connectivity index (χ3n) is 1.70. The molecule has 1 aromatic heterocycles. The molecule has 0 aliphatic rings. The van der Waals surface area contributed by atoms with Gasteiger partial charge in [-0.05, 0) is 15.9 Å². The van der Waals surface area contributed by atoms with E-state index in [1.54, 1.807) is 0 Å². The van der Waals surface area contributed by atoms with E-state index in [4.69, 9.17) is 5.11 Å². The van der Waals surface area contributed by atoms with Crippen LogP contribution in [0.15, 0.2) is 10.7 Å². The number of aromatic nitrogens is 1. The second kappa shape index (κ2) is 5.13. The minimum Gasteiger partial charge on any atom is -0.392 e. The van der Waals surface area contributed by atoms with Gasteiger partial charge in [-0.25, -0.2) is 13.8 Å². The normalized spacial score (nSPS) is 12.0. The highest BCUT2D eigenvalue weighted by molar-refractivity contribution is 9.10. The molecule has 0 saturated heterocycles. The maximum absolute atomic E-state index is 12.5. The van der Waals surface area contributed by atoms with Crippen LogP contribution < -0.4 is 4.74 Å². The van der Waals surface area contributed by atoms with Crippen LogP contribution in [0.3, 0.4) is 0 Å². The van der Waals surface area contributed by atoms with Crippen molar-refractivity contribution in [2.75, 3.05) is 0 Å². The number of pyridine rings is 1. The molecular formula is C8H5BrF5NO2. The number of hydrogen-bond acceptors (Lipinski definition) is 3.